The van der Waals surface area contributed by atoms with E-state index in [0.29, 0.717) is 22.2 Å². The highest BCUT2D eigenvalue weighted by atomic mass is 35.5. The predicted octanol–water partition coefficient (Wildman–Crippen LogP) is 4.65. The fraction of sp³-hybridized carbons (Fsp3) is 0.0952. The van der Waals surface area contributed by atoms with Crippen LogP contribution in [0, 0.1) is 6.92 Å². The second-order valence-corrected chi connectivity index (χ2v) is 6.64. The first-order valence-corrected chi connectivity index (χ1v) is 9.10. The number of rotatable bonds is 4. The van der Waals surface area contributed by atoms with Crippen LogP contribution in [0.15, 0.2) is 66.7 Å². The molecule has 1 N–H and O–H groups in total. The molecule has 28 heavy (non-hydrogen) atoms. The quantitative estimate of drug-likeness (QED) is 0.549. The van der Waals surface area contributed by atoms with Crippen LogP contribution < -0.4 is 10.1 Å². The molecule has 2 heterocycles. The Balaban J connectivity index is 1.64. The van der Waals surface area contributed by atoms with Gasteiger partial charge in [0.05, 0.1) is 17.9 Å². The molecular formula is C21H17ClN4O2. The molecule has 0 unspecified atom stereocenters. The van der Waals surface area contributed by atoms with Crippen LogP contribution in [0.2, 0.25) is 5.15 Å². The molecule has 6 nitrogen and oxygen atoms in total. The van der Waals surface area contributed by atoms with Gasteiger partial charge in [0.15, 0.2) is 5.65 Å². The van der Waals surface area contributed by atoms with Gasteiger partial charge in [0.2, 0.25) is 0 Å². The summed E-state index contributed by atoms with van der Waals surface area (Å²) in [6, 6.07) is 20.4. The average Bonchev–Trinajstić information content (AvgIpc) is 3.05. The third-order valence-electron chi connectivity index (χ3n) is 4.22. The molecule has 0 atom stereocenters. The lowest BCUT2D eigenvalue weighted by Gasteiger charge is -2.08. The van der Waals surface area contributed by atoms with E-state index in [2.05, 4.69) is 15.4 Å². The highest BCUT2D eigenvalue weighted by Gasteiger charge is 2.17. The fourth-order valence-corrected chi connectivity index (χ4v) is 2.98. The average molecular weight is 393 g/mol. The zero-order valence-corrected chi connectivity index (χ0v) is 15.8. The highest BCUT2D eigenvalue weighted by Crippen LogP contribution is 2.25. The van der Waals surface area contributed by atoms with Gasteiger partial charge in [-0.25, -0.2) is 14.3 Å². The molecule has 0 radical (unpaired) electrons. The Morgan fingerprint density at radius 3 is 2.57 bits per heavy atom. The summed E-state index contributed by atoms with van der Waals surface area (Å²) in [5.74, 6) is 0.470. The third-order valence-corrected chi connectivity index (χ3v) is 4.42. The summed E-state index contributed by atoms with van der Waals surface area (Å²) < 4.78 is 6.92. The molecule has 0 aliphatic rings. The number of hydrogen-bond donors (Lipinski definition) is 1. The number of nitrogens with one attached hydrogen (secondary N) is 1. The lowest BCUT2D eigenvalue weighted by Crippen LogP contribution is -2.27. The third kappa shape index (κ3) is 3.82. The first-order valence-electron chi connectivity index (χ1n) is 8.72. The standard InChI is InChI=1S/C21H17ClN4O2/c1-14-7-9-15(10-8-14)20-17(26-19(24-20)12-11-18(22)25-26)13-23-21(27)28-16-5-3-2-4-6-16/h2-12H,13H2,1H3,(H,23,27). The van der Waals surface area contributed by atoms with Crippen molar-refractivity contribution in [3.05, 3.63) is 83.1 Å². The molecule has 0 saturated carbocycles. The first-order chi connectivity index (χ1) is 13.6. The van der Waals surface area contributed by atoms with Gasteiger partial charge in [0.25, 0.3) is 0 Å². The molecule has 4 aromatic rings. The van der Waals surface area contributed by atoms with Crippen molar-refractivity contribution < 1.29 is 9.53 Å². The van der Waals surface area contributed by atoms with Crippen LogP contribution in [0.3, 0.4) is 0 Å². The van der Waals surface area contributed by atoms with Crippen molar-refractivity contribution in [1.82, 2.24) is 19.9 Å². The van der Waals surface area contributed by atoms with Crippen LogP contribution in [0.25, 0.3) is 16.9 Å². The summed E-state index contributed by atoms with van der Waals surface area (Å²) >= 11 is 6.06. The minimum atomic E-state index is -0.557. The van der Waals surface area contributed by atoms with E-state index in [0.717, 1.165) is 16.8 Å². The normalized spacial score (nSPS) is 10.8. The lowest BCUT2D eigenvalue weighted by atomic mass is 10.1. The van der Waals surface area contributed by atoms with Gasteiger partial charge in [-0.2, -0.15) is 5.10 Å². The first kappa shape index (κ1) is 18.0. The van der Waals surface area contributed by atoms with Gasteiger partial charge in [0.1, 0.15) is 10.9 Å². The van der Waals surface area contributed by atoms with Crippen molar-refractivity contribution in [1.29, 1.82) is 0 Å². The Morgan fingerprint density at radius 2 is 1.82 bits per heavy atom. The minimum Gasteiger partial charge on any atom is -0.410 e. The number of imidazole rings is 1. The summed E-state index contributed by atoms with van der Waals surface area (Å²) in [6.45, 7) is 2.21. The van der Waals surface area contributed by atoms with Crippen LogP contribution in [0.1, 0.15) is 11.3 Å². The van der Waals surface area contributed by atoms with Crippen LogP contribution in [-0.2, 0) is 6.54 Å². The zero-order chi connectivity index (χ0) is 19.5. The van der Waals surface area contributed by atoms with Crippen molar-refractivity contribution in [3.63, 3.8) is 0 Å². The monoisotopic (exact) mass is 392 g/mol. The maximum Gasteiger partial charge on any atom is 0.412 e. The van der Waals surface area contributed by atoms with E-state index in [4.69, 9.17) is 16.3 Å². The molecule has 0 aliphatic heterocycles. The maximum absolute atomic E-state index is 12.2. The van der Waals surface area contributed by atoms with Gasteiger partial charge in [-0.05, 0) is 31.2 Å². The molecule has 0 spiro atoms. The number of amides is 1. The van der Waals surface area contributed by atoms with Crippen molar-refractivity contribution >= 4 is 23.3 Å². The zero-order valence-electron chi connectivity index (χ0n) is 15.1. The molecule has 140 valence electrons. The van der Waals surface area contributed by atoms with Gasteiger partial charge in [0, 0.05) is 5.56 Å². The SMILES string of the molecule is Cc1ccc(-c2nc3ccc(Cl)nn3c2CNC(=O)Oc2ccccc2)cc1. The highest BCUT2D eigenvalue weighted by molar-refractivity contribution is 6.29. The molecular weight excluding hydrogens is 376 g/mol. The Labute approximate surface area is 166 Å². The van der Waals surface area contributed by atoms with E-state index in [9.17, 15) is 4.79 Å². The number of benzene rings is 2. The van der Waals surface area contributed by atoms with Crippen LogP contribution in [0.4, 0.5) is 4.79 Å². The molecule has 0 bridgehead atoms. The summed E-state index contributed by atoms with van der Waals surface area (Å²) in [6.07, 6.45) is -0.557. The van der Waals surface area contributed by atoms with Gasteiger partial charge in [-0.3, -0.25) is 0 Å². The summed E-state index contributed by atoms with van der Waals surface area (Å²) in [5, 5.41) is 7.43. The number of halogens is 1. The van der Waals surface area contributed by atoms with E-state index in [1.165, 1.54) is 0 Å². The molecule has 0 saturated heterocycles. The number of ether oxygens (including phenoxy) is 1. The molecule has 1 amide bonds. The minimum absolute atomic E-state index is 0.184. The second kappa shape index (κ2) is 7.70. The summed E-state index contributed by atoms with van der Waals surface area (Å²) in [7, 11) is 0. The van der Waals surface area contributed by atoms with Crippen molar-refractivity contribution in [2.45, 2.75) is 13.5 Å². The molecule has 0 aliphatic carbocycles. The van der Waals surface area contributed by atoms with Gasteiger partial charge in [-0.15, -0.1) is 0 Å². The number of aromatic nitrogens is 3. The molecule has 0 fully saturated rings. The van der Waals surface area contributed by atoms with Crippen molar-refractivity contribution in [2.75, 3.05) is 0 Å². The molecule has 7 heteroatoms. The van der Waals surface area contributed by atoms with E-state index in [-0.39, 0.29) is 6.54 Å². The Hall–Kier alpha value is -3.38. The summed E-state index contributed by atoms with van der Waals surface area (Å²) in [4.78, 5) is 16.9. The predicted molar refractivity (Wildman–Crippen MR) is 107 cm³/mol. The van der Waals surface area contributed by atoms with Gasteiger partial charge < -0.3 is 10.1 Å². The van der Waals surface area contributed by atoms with E-state index >= 15 is 0 Å². The van der Waals surface area contributed by atoms with Crippen LogP contribution in [-0.4, -0.2) is 20.7 Å². The number of fused-ring (bicyclic) bond motifs is 1. The Kier molecular flexibility index (Phi) is 4.95. The number of hydrogen-bond acceptors (Lipinski definition) is 4. The van der Waals surface area contributed by atoms with Crippen molar-refractivity contribution in [3.8, 4) is 17.0 Å². The number of nitrogens with zero attached hydrogens (tertiary/aromatic N) is 3. The molecule has 4 rings (SSSR count). The molecule has 2 aromatic carbocycles. The summed E-state index contributed by atoms with van der Waals surface area (Å²) in [5.41, 5.74) is 4.18. The maximum atomic E-state index is 12.2. The Morgan fingerprint density at radius 1 is 1.07 bits per heavy atom. The smallest absolute Gasteiger partial charge is 0.410 e. The topological polar surface area (TPSA) is 68.5 Å². The van der Waals surface area contributed by atoms with Crippen LogP contribution in [0.5, 0.6) is 5.75 Å². The van der Waals surface area contributed by atoms with E-state index < -0.39 is 6.09 Å². The van der Waals surface area contributed by atoms with E-state index in [1.54, 1.807) is 40.9 Å². The van der Waals surface area contributed by atoms with Gasteiger partial charge in [-0.1, -0.05) is 59.6 Å². The lowest BCUT2D eigenvalue weighted by molar-refractivity contribution is 0.200. The van der Waals surface area contributed by atoms with Crippen molar-refractivity contribution in [2.24, 2.45) is 0 Å². The van der Waals surface area contributed by atoms with Gasteiger partial charge >= 0.3 is 6.09 Å². The van der Waals surface area contributed by atoms with Crippen LogP contribution >= 0.6 is 11.6 Å². The van der Waals surface area contributed by atoms with E-state index in [1.807, 2.05) is 37.3 Å². The second-order valence-electron chi connectivity index (χ2n) is 6.26. The largest absolute Gasteiger partial charge is 0.412 e. The number of carbonyl (C=O) groups is 1. The number of aryl methyl sites for hydroxylation is 1. The Bertz CT molecular complexity index is 1120. The fourth-order valence-electron chi connectivity index (χ4n) is 2.85. The number of para-hydroxylation sites is 1. The molecule has 2 aromatic heterocycles. The number of carbonyl (C=O) groups excluding carboxylic acids is 1.